The molecule has 0 spiro atoms. The zero-order valence-corrected chi connectivity index (χ0v) is 19.7. The second-order valence-corrected chi connectivity index (χ2v) is 8.74. The number of anilines is 1. The monoisotopic (exact) mass is 483 g/mol. The summed E-state index contributed by atoms with van der Waals surface area (Å²) in [7, 11) is 1.62. The second kappa shape index (κ2) is 9.24. The SMILES string of the molecule is COc1ccc(Cl)cc1NC1(c2nncc3ccccc23)C=CC(c2ccc(C(=O)O)cc2)=CC1. The Morgan fingerprint density at radius 3 is 2.63 bits per heavy atom. The molecule has 0 bridgehead atoms. The van der Waals surface area contributed by atoms with Crippen LogP contribution in [0.4, 0.5) is 5.69 Å². The predicted molar refractivity (Wildman–Crippen MR) is 138 cm³/mol. The van der Waals surface area contributed by atoms with Gasteiger partial charge in [-0.2, -0.15) is 10.2 Å². The Kier molecular flexibility index (Phi) is 5.97. The number of allylic oxidation sites excluding steroid dienone is 2. The third kappa shape index (κ3) is 4.36. The van der Waals surface area contributed by atoms with E-state index in [1.165, 1.54) is 0 Å². The number of benzene rings is 3. The molecule has 2 N–H and O–H groups in total. The van der Waals surface area contributed by atoms with Gasteiger partial charge in [0.2, 0.25) is 0 Å². The first-order valence-corrected chi connectivity index (χ1v) is 11.4. The van der Waals surface area contributed by atoms with Crippen molar-refractivity contribution in [3.8, 4) is 5.75 Å². The van der Waals surface area contributed by atoms with E-state index in [1.807, 2.05) is 54.6 Å². The molecule has 1 heterocycles. The molecule has 0 aliphatic heterocycles. The first-order chi connectivity index (χ1) is 17.0. The van der Waals surface area contributed by atoms with E-state index >= 15 is 0 Å². The molecule has 35 heavy (non-hydrogen) atoms. The van der Waals surface area contributed by atoms with E-state index in [9.17, 15) is 9.90 Å². The number of carbonyl (C=O) groups is 1. The van der Waals surface area contributed by atoms with Gasteiger partial charge in [0.15, 0.2) is 0 Å². The predicted octanol–water partition coefficient (Wildman–Crippen LogP) is 6.34. The highest BCUT2D eigenvalue weighted by Crippen LogP contribution is 2.41. The number of hydrogen-bond acceptors (Lipinski definition) is 5. The minimum atomic E-state index is -0.946. The molecule has 1 unspecified atom stereocenters. The van der Waals surface area contributed by atoms with Crippen molar-refractivity contribution in [2.24, 2.45) is 0 Å². The summed E-state index contributed by atoms with van der Waals surface area (Å²) in [6.45, 7) is 0. The normalized spacial score (nSPS) is 17.1. The van der Waals surface area contributed by atoms with E-state index in [2.05, 4.69) is 27.7 Å². The van der Waals surface area contributed by atoms with Gasteiger partial charge in [0.25, 0.3) is 0 Å². The highest BCUT2D eigenvalue weighted by molar-refractivity contribution is 6.31. The van der Waals surface area contributed by atoms with E-state index in [1.54, 1.807) is 31.5 Å². The maximum absolute atomic E-state index is 11.2. The Labute approximate surface area is 207 Å². The minimum Gasteiger partial charge on any atom is -0.495 e. The first kappa shape index (κ1) is 22.6. The van der Waals surface area contributed by atoms with Crippen molar-refractivity contribution in [1.82, 2.24) is 10.2 Å². The Balaban J connectivity index is 1.60. The van der Waals surface area contributed by atoms with Crippen LogP contribution in [0.3, 0.4) is 0 Å². The summed E-state index contributed by atoms with van der Waals surface area (Å²) < 4.78 is 5.59. The van der Waals surface area contributed by atoms with Gasteiger partial charge in [0, 0.05) is 15.8 Å². The van der Waals surface area contributed by atoms with Crippen LogP contribution in [0, 0.1) is 0 Å². The van der Waals surface area contributed by atoms with Gasteiger partial charge in [0.1, 0.15) is 17.0 Å². The number of nitrogens with one attached hydrogen (secondary N) is 1. The lowest BCUT2D eigenvalue weighted by atomic mass is 9.82. The Bertz CT molecular complexity index is 1480. The molecule has 174 valence electrons. The number of aromatic carboxylic acids is 1. The van der Waals surface area contributed by atoms with Crippen LogP contribution in [0.2, 0.25) is 5.02 Å². The van der Waals surface area contributed by atoms with Gasteiger partial charge < -0.3 is 15.2 Å². The maximum atomic E-state index is 11.2. The summed E-state index contributed by atoms with van der Waals surface area (Å²) >= 11 is 6.32. The fraction of sp³-hybridized carbons (Fsp3) is 0.107. The lowest BCUT2D eigenvalue weighted by Gasteiger charge is -2.35. The first-order valence-electron chi connectivity index (χ1n) is 11.0. The zero-order chi connectivity index (χ0) is 24.4. The van der Waals surface area contributed by atoms with Crippen LogP contribution in [-0.4, -0.2) is 28.4 Å². The average Bonchev–Trinajstić information content (AvgIpc) is 2.89. The largest absolute Gasteiger partial charge is 0.495 e. The molecule has 0 amide bonds. The van der Waals surface area contributed by atoms with Crippen LogP contribution in [0.15, 0.2) is 91.2 Å². The summed E-state index contributed by atoms with van der Waals surface area (Å²) in [4.78, 5) is 11.2. The van der Waals surface area contributed by atoms with Crippen LogP contribution in [0.25, 0.3) is 16.3 Å². The standard InChI is InChI=1S/C28H22ClN3O3/c1-35-25-11-10-22(29)16-24(25)31-28(26-23-5-3-2-4-21(23)17-30-32-26)14-12-19(13-15-28)18-6-8-20(9-7-18)27(33)34/h2-14,16-17,31H,15H2,1H3,(H,33,34). The molecule has 0 saturated heterocycles. The molecule has 1 aliphatic carbocycles. The molecule has 0 fully saturated rings. The van der Waals surface area contributed by atoms with Gasteiger partial charge in [0.05, 0.1) is 24.6 Å². The lowest BCUT2D eigenvalue weighted by Crippen LogP contribution is -2.35. The molecule has 0 radical (unpaired) electrons. The molecule has 3 aromatic carbocycles. The molecular weight excluding hydrogens is 462 g/mol. The highest BCUT2D eigenvalue weighted by Gasteiger charge is 2.35. The minimum absolute atomic E-state index is 0.254. The Morgan fingerprint density at radius 2 is 1.91 bits per heavy atom. The van der Waals surface area contributed by atoms with Gasteiger partial charge in [-0.05, 0) is 47.9 Å². The maximum Gasteiger partial charge on any atom is 0.335 e. The highest BCUT2D eigenvalue weighted by atomic mass is 35.5. The number of nitrogens with zero attached hydrogens (tertiary/aromatic N) is 2. The van der Waals surface area contributed by atoms with Crippen molar-refractivity contribution in [3.63, 3.8) is 0 Å². The van der Waals surface area contributed by atoms with Gasteiger partial charge in [-0.15, -0.1) is 0 Å². The summed E-state index contributed by atoms with van der Waals surface area (Å²) in [6.07, 6.45) is 8.53. The number of carboxylic acids is 1. The third-order valence-electron chi connectivity index (χ3n) is 6.17. The molecule has 1 atom stereocenters. The molecule has 6 nitrogen and oxygen atoms in total. The number of halogens is 1. The number of hydrogen-bond donors (Lipinski definition) is 2. The van der Waals surface area contributed by atoms with Crippen LogP contribution >= 0.6 is 11.6 Å². The number of fused-ring (bicyclic) bond motifs is 1. The van der Waals surface area contributed by atoms with E-state index in [0.717, 1.165) is 33.3 Å². The smallest absolute Gasteiger partial charge is 0.335 e. The molecule has 7 heteroatoms. The van der Waals surface area contributed by atoms with Crippen molar-refractivity contribution >= 4 is 39.6 Å². The van der Waals surface area contributed by atoms with Crippen molar-refractivity contribution in [2.75, 3.05) is 12.4 Å². The average molecular weight is 484 g/mol. The van der Waals surface area contributed by atoms with Crippen LogP contribution in [-0.2, 0) is 5.54 Å². The van der Waals surface area contributed by atoms with Crippen LogP contribution in [0.5, 0.6) is 5.75 Å². The molecule has 5 rings (SSSR count). The fourth-order valence-electron chi connectivity index (χ4n) is 4.36. The van der Waals surface area contributed by atoms with E-state index in [-0.39, 0.29) is 5.56 Å². The number of methoxy groups -OCH3 is 1. The van der Waals surface area contributed by atoms with Gasteiger partial charge in [-0.3, -0.25) is 0 Å². The van der Waals surface area contributed by atoms with Crippen LogP contribution in [0.1, 0.15) is 28.0 Å². The molecule has 1 aliphatic rings. The van der Waals surface area contributed by atoms with Crippen molar-refractivity contribution in [3.05, 3.63) is 113 Å². The van der Waals surface area contributed by atoms with E-state index in [4.69, 9.17) is 16.3 Å². The van der Waals surface area contributed by atoms with E-state index < -0.39 is 11.5 Å². The van der Waals surface area contributed by atoms with Crippen LogP contribution < -0.4 is 10.1 Å². The third-order valence-corrected chi connectivity index (χ3v) is 6.40. The summed E-state index contributed by atoms with van der Waals surface area (Å²) in [5.74, 6) is -0.285. The topological polar surface area (TPSA) is 84.3 Å². The number of carboxylic acid groups (broad SMARTS) is 1. The Morgan fingerprint density at radius 1 is 1.11 bits per heavy atom. The summed E-state index contributed by atoms with van der Waals surface area (Å²) in [5.41, 5.74) is 2.97. The van der Waals surface area contributed by atoms with Gasteiger partial charge >= 0.3 is 5.97 Å². The molecular formula is C28H22ClN3O3. The number of rotatable bonds is 6. The second-order valence-electron chi connectivity index (χ2n) is 8.30. The van der Waals surface area contributed by atoms with Crippen molar-refractivity contribution in [2.45, 2.75) is 12.0 Å². The van der Waals surface area contributed by atoms with E-state index in [0.29, 0.717) is 17.2 Å². The molecule has 4 aromatic rings. The summed E-state index contributed by atoms with van der Waals surface area (Å²) in [6, 6.07) is 20.3. The molecule has 0 saturated carbocycles. The number of ether oxygens (including phenoxy) is 1. The lowest BCUT2D eigenvalue weighted by molar-refractivity contribution is 0.0697. The fourth-order valence-corrected chi connectivity index (χ4v) is 4.53. The van der Waals surface area contributed by atoms with Gasteiger partial charge in [-0.25, -0.2) is 4.79 Å². The summed E-state index contributed by atoms with van der Waals surface area (Å²) in [5, 5.41) is 24.3. The quantitative estimate of drug-likeness (QED) is 0.333. The zero-order valence-electron chi connectivity index (χ0n) is 18.9. The molecule has 1 aromatic heterocycles. The van der Waals surface area contributed by atoms with Crippen molar-refractivity contribution in [1.29, 1.82) is 0 Å². The van der Waals surface area contributed by atoms with Gasteiger partial charge in [-0.1, -0.05) is 66.2 Å². The Hall–Kier alpha value is -4.16. The number of aromatic nitrogens is 2. The van der Waals surface area contributed by atoms with Crippen molar-refractivity contribution < 1.29 is 14.6 Å².